The van der Waals surface area contributed by atoms with Crippen LogP contribution in [0.4, 0.5) is 0 Å². The molecule has 0 bridgehead atoms. The summed E-state index contributed by atoms with van der Waals surface area (Å²) >= 11 is 0. The molecular weight excluding hydrogens is 402 g/mol. The Kier molecular flexibility index (Phi) is 5.85. The number of hydrogen-bond donors (Lipinski definition) is 1. The predicted octanol–water partition coefficient (Wildman–Crippen LogP) is 3.92. The predicted molar refractivity (Wildman–Crippen MR) is 116 cm³/mol. The lowest BCUT2D eigenvalue weighted by Gasteiger charge is -2.15. The van der Waals surface area contributed by atoms with Gasteiger partial charge in [-0.15, -0.1) is 0 Å². The van der Waals surface area contributed by atoms with Crippen molar-refractivity contribution in [3.05, 3.63) is 70.6 Å². The molecule has 0 saturated carbocycles. The molecule has 6 nitrogen and oxygen atoms in total. The van der Waals surface area contributed by atoms with Gasteiger partial charge in [-0.25, -0.2) is 8.42 Å². The van der Waals surface area contributed by atoms with E-state index < -0.39 is 27.2 Å². The van der Waals surface area contributed by atoms with Crippen molar-refractivity contribution in [2.75, 3.05) is 6.26 Å². The maximum absolute atomic E-state index is 13.0. The zero-order valence-corrected chi connectivity index (χ0v) is 18.2. The van der Waals surface area contributed by atoms with E-state index in [1.807, 2.05) is 32.0 Å². The first-order chi connectivity index (χ1) is 14.0. The average molecular weight is 428 g/mol. The molecule has 0 radical (unpaired) electrons. The monoisotopic (exact) mass is 427 g/mol. The highest BCUT2D eigenvalue weighted by Gasteiger charge is 2.38. The summed E-state index contributed by atoms with van der Waals surface area (Å²) in [7, 11) is -3.30. The molecule has 0 spiro atoms. The lowest BCUT2D eigenvalue weighted by atomic mass is 9.89. The number of sulfone groups is 1. The molecule has 0 heterocycles. The minimum Gasteiger partial charge on any atom is -0.457 e. The van der Waals surface area contributed by atoms with Crippen LogP contribution >= 0.6 is 0 Å². The average Bonchev–Trinajstić information content (AvgIpc) is 2.88. The van der Waals surface area contributed by atoms with Crippen molar-refractivity contribution in [3.63, 3.8) is 0 Å². The fourth-order valence-electron chi connectivity index (χ4n) is 3.37. The number of fused-ring (bicyclic) bond motifs is 1. The molecule has 0 aliphatic heterocycles. The summed E-state index contributed by atoms with van der Waals surface area (Å²) in [5, 5.41) is 3.79. The van der Waals surface area contributed by atoms with Crippen molar-refractivity contribution >= 4 is 21.5 Å². The Bertz CT molecular complexity index is 1120. The lowest BCUT2D eigenvalue weighted by molar-refractivity contribution is 0.0863. The van der Waals surface area contributed by atoms with Crippen molar-refractivity contribution < 1.29 is 22.7 Å². The standard InChI is InChI=1S/C23H25NO5S/c1-15(10-11-30(4,27)28)24-22(26)19-13-18-16(14-23(2,3)21(18)25)12-20(19)29-17-8-6-5-7-9-17/h5-13,15H,14H2,1-4H3,(H,24,26)/b11-10+/t15-/m0/s1. The molecule has 0 fully saturated rings. The van der Waals surface area contributed by atoms with Crippen LogP contribution in [0.2, 0.25) is 0 Å². The molecule has 3 rings (SSSR count). The van der Waals surface area contributed by atoms with Crippen LogP contribution in [0.25, 0.3) is 0 Å². The van der Waals surface area contributed by atoms with Gasteiger partial charge in [-0.1, -0.05) is 38.1 Å². The molecular formula is C23H25NO5S. The first kappa shape index (κ1) is 21.8. The van der Waals surface area contributed by atoms with Crippen LogP contribution in [0.3, 0.4) is 0 Å². The number of carbonyl (C=O) groups excluding carboxylic acids is 2. The summed E-state index contributed by atoms with van der Waals surface area (Å²) in [6, 6.07) is 11.9. The number of hydrogen-bond acceptors (Lipinski definition) is 5. The van der Waals surface area contributed by atoms with Crippen molar-refractivity contribution in [2.24, 2.45) is 5.41 Å². The molecule has 0 unspecified atom stereocenters. The number of ether oxygens (including phenoxy) is 1. The van der Waals surface area contributed by atoms with Crippen LogP contribution in [0.15, 0.2) is 53.9 Å². The summed E-state index contributed by atoms with van der Waals surface area (Å²) < 4.78 is 28.6. The third-order valence-corrected chi connectivity index (χ3v) is 5.54. The number of benzene rings is 2. The Morgan fingerprint density at radius 2 is 1.87 bits per heavy atom. The zero-order valence-electron chi connectivity index (χ0n) is 17.4. The number of nitrogens with one attached hydrogen (secondary N) is 1. The SMILES string of the molecule is C[C@@H](/C=C/S(C)(=O)=O)NC(=O)c1cc2c(cc1Oc1ccccc1)CC(C)(C)C2=O. The maximum Gasteiger partial charge on any atom is 0.255 e. The number of ketones is 1. The van der Waals surface area contributed by atoms with Gasteiger partial charge in [0.25, 0.3) is 5.91 Å². The minimum atomic E-state index is -3.30. The highest BCUT2D eigenvalue weighted by atomic mass is 32.2. The molecule has 2 aromatic carbocycles. The van der Waals surface area contributed by atoms with E-state index in [0.717, 1.165) is 17.2 Å². The van der Waals surface area contributed by atoms with E-state index in [4.69, 9.17) is 4.74 Å². The quantitative estimate of drug-likeness (QED) is 0.755. The summed E-state index contributed by atoms with van der Waals surface area (Å²) in [5.74, 6) is 0.456. The molecule has 158 valence electrons. The molecule has 0 aromatic heterocycles. The molecule has 1 N–H and O–H groups in total. The second-order valence-electron chi connectivity index (χ2n) is 8.23. The van der Waals surface area contributed by atoms with E-state index in [1.54, 1.807) is 31.2 Å². The summed E-state index contributed by atoms with van der Waals surface area (Å²) in [6.45, 7) is 5.43. The third kappa shape index (κ3) is 4.97. The largest absolute Gasteiger partial charge is 0.457 e. The smallest absolute Gasteiger partial charge is 0.255 e. The molecule has 30 heavy (non-hydrogen) atoms. The van der Waals surface area contributed by atoms with E-state index in [1.165, 1.54) is 6.08 Å². The van der Waals surface area contributed by atoms with E-state index in [9.17, 15) is 18.0 Å². The van der Waals surface area contributed by atoms with E-state index in [0.29, 0.717) is 23.5 Å². The second kappa shape index (κ2) is 8.07. The second-order valence-corrected chi connectivity index (χ2v) is 10.2. The number of para-hydroxylation sites is 1. The van der Waals surface area contributed by atoms with Crippen molar-refractivity contribution in [1.82, 2.24) is 5.32 Å². The number of carbonyl (C=O) groups is 2. The fraction of sp³-hybridized carbons (Fsp3) is 0.304. The molecule has 2 aromatic rings. The van der Waals surface area contributed by atoms with Gasteiger partial charge in [0, 0.05) is 28.7 Å². The van der Waals surface area contributed by atoms with Crippen LogP contribution in [-0.2, 0) is 16.3 Å². The van der Waals surface area contributed by atoms with Crippen LogP contribution in [0.1, 0.15) is 47.1 Å². The molecule has 7 heteroatoms. The topological polar surface area (TPSA) is 89.5 Å². The van der Waals surface area contributed by atoms with Crippen molar-refractivity contribution in [1.29, 1.82) is 0 Å². The highest BCUT2D eigenvalue weighted by molar-refractivity contribution is 7.93. The zero-order chi connectivity index (χ0) is 22.1. The Labute approximate surface area is 176 Å². The van der Waals surface area contributed by atoms with Crippen LogP contribution in [-0.4, -0.2) is 32.4 Å². The summed E-state index contributed by atoms with van der Waals surface area (Å²) in [6.07, 6.45) is 3.05. The summed E-state index contributed by atoms with van der Waals surface area (Å²) in [5.41, 5.74) is 1.05. The molecule has 1 amide bonds. The third-order valence-electron chi connectivity index (χ3n) is 4.89. The number of Topliss-reactive ketones (excluding diaryl/α,β-unsaturated/α-hetero) is 1. The Hall–Kier alpha value is -2.93. The van der Waals surface area contributed by atoms with Gasteiger partial charge in [0.15, 0.2) is 15.6 Å². The highest BCUT2D eigenvalue weighted by Crippen LogP contribution is 2.40. The van der Waals surface area contributed by atoms with Gasteiger partial charge in [0.1, 0.15) is 11.5 Å². The molecule has 0 saturated heterocycles. The van der Waals surface area contributed by atoms with Gasteiger partial charge in [0.2, 0.25) is 0 Å². The normalized spacial score (nSPS) is 16.3. The van der Waals surface area contributed by atoms with Crippen LogP contribution in [0, 0.1) is 5.41 Å². The Morgan fingerprint density at radius 1 is 1.20 bits per heavy atom. The first-order valence-corrected chi connectivity index (χ1v) is 11.6. The first-order valence-electron chi connectivity index (χ1n) is 9.60. The van der Waals surface area contributed by atoms with Crippen molar-refractivity contribution in [3.8, 4) is 11.5 Å². The van der Waals surface area contributed by atoms with Gasteiger partial charge < -0.3 is 10.1 Å². The van der Waals surface area contributed by atoms with Crippen LogP contribution in [0.5, 0.6) is 11.5 Å². The van der Waals surface area contributed by atoms with Crippen LogP contribution < -0.4 is 10.1 Å². The van der Waals surface area contributed by atoms with E-state index >= 15 is 0 Å². The molecule has 1 aliphatic carbocycles. The Morgan fingerprint density at radius 3 is 2.50 bits per heavy atom. The number of rotatable bonds is 6. The molecule has 1 aliphatic rings. The van der Waals surface area contributed by atoms with Crippen molar-refractivity contribution in [2.45, 2.75) is 33.2 Å². The Balaban J connectivity index is 1.97. The minimum absolute atomic E-state index is 0.0113. The summed E-state index contributed by atoms with van der Waals surface area (Å²) in [4.78, 5) is 25.7. The van der Waals surface area contributed by atoms with E-state index in [2.05, 4.69) is 5.32 Å². The van der Waals surface area contributed by atoms with Gasteiger partial charge in [-0.3, -0.25) is 9.59 Å². The van der Waals surface area contributed by atoms with Gasteiger partial charge >= 0.3 is 0 Å². The maximum atomic E-state index is 13.0. The van der Waals surface area contributed by atoms with Gasteiger partial charge in [0.05, 0.1) is 5.56 Å². The molecule has 1 atom stereocenters. The number of amides is 1. The lowest BCUT2D eigenvalue weighted by Crippen LogP contribution is -2.31. The van der Waals surface area contributed by atoms with Gasteiger partial charge in [-0.05, 0) is 43.2 Å². The fourth-order valence-corrected chi connectivity index (χ4v) is 3.89. The van der Waals surface area contributed by atoms with Gasteiger partial charge in [-0.2, -0.15) is 0 Å². The van der Waals surface area contributed by atoms with E-state index in [-0.39, 0.29) is 11.3 Å².